The summed E-state index contributed by atoms with van der Waals surface area (Å²) in [5.41, 5.74) is -0.823. The molecule has 2 saturated carbocycles. The fourth-order valence-electron chi connectivity index (χ4n) is 8.38. The molecule has 2 aliphatic carbocycles. The Bertz CT molecular complexity index is 2020. The third-order valence-corrected chi connectivity index (χ3v) is 14.1. The molecule has 302 valence electrons. The Kier molecular flexibility index (Phi) is 11.1. The lowest BCUT2D eigenvalue weighted by atomic mass is 9.92. The zero-order valence-electron chi connectivity index (χ0n) is 32.3. The van der Waals surface area contributed by atoms with Gasteiger partial charge in [0.1, 0.15) is 22.9 Å². The molecule has 2 aromatic rings. The van der Waals surface area contributed by atoms with Crippen LogP contribution in [-0.2, 0) is 33.9 Å². The summed E-state index contributed by atoms with van der Waals surface area (Å²) in [6.07, 6.45) is 8.28. The van der Waals surface area contributed by atoms with Gasteiger partial charge in [0, 0.05) is 54.2 Å². The van der Waals surface area contributed by atoms with Crippen LogP contribution in [0.15, 0.2) is 41.8 Å². The molecule has 4 heterocycles. The number of nitrogens with zero attached hydrogens (tertiary/aromatic N) is 3. The Labute approximate surface area is 331 Å². The molecular formula is C40H51N5O9S2. The molecule has 56 heavy (non-hydrogen) atoms. The molecular weight excluding hydrogens is 759 g/mol. The number of esters is 1. The summed E-state index contributed by atoms with van der Waals surface area (Å²) >= 11 is 1.22. The lowest BCUT2D eigenvalue weighted by molar-refractivity contribution is -0.159. The maximum Gasteiger partial charge on any atom is 0.307 e. The number of allylic oxidation sites excluding steroid dienone is 1. The smallest absolute Gasteiger partial charge is 0.307 e. The van der Waals surface area contributed by atoms with Gasteiger partial charge in [-0.2, -0.15) is 0 Å². The molecule has 2 saturated heterocycles. The molecule has 2 N–H and O–H groups in total. The highest BCUT2D eigenvalue weighted by Gasteiger charge is 2.63. The summed E-state index contributed by atoms with van der Waals surface area (Å²) in [4.78, 5) is 78.0. The number of carbonyl (C=O) groups excluding carboxylic acids is 5. The van der Waals surface area contributed by atoms with E-state index >= 15 is 0 Å². The molecule has 4 amide bonds. The van der Waals surface area contributed by atoms with Crippen LogP contribution in [0.2, 0.25) is 0 Å². The average molecular weight is 810 g/mol. The molecule has 0 radical (unpaired) electrons. The summed E-state index contributed by atoms with van der Waals surface area (Å²) in [7, 11) is -2.33. The SMILES string of the molecule is COc1cccc(-c2csc(C(=O)N3C[C@H]4CN5C(=O)[C@H](CC(=O)OC(C)(C)C)CCCCC/C=C\[C@@H]6C[C@@]6(C(=O)NS(=O)(=O)C6CC6)NC(=O)[C@@H]5[C@H]4C3)n2)c1. The van der Waals surface area contributed by atoms with Crippen LogP contribution in [0.5, 0.6) is 5.75 Å². The quantitative estimate of drug-likeness (QED) is 0.292. The number of rotatable bonds is 8. The minimum Gasteiger partial charge on any atom is -0.497 e. The van der Waals surface area contributed by atoms with Crippen LogP contribution >= 0.6 is 11.3 Å². The molecule has 7 rings (SSSR count). The van der Waals surface area contributed by atoms with Gasteiger partial charge in [-0.25, -0.2) is 13.4 Å². The molecule has 1 aromatic carbocycles. The fraction of sp³-hybridized carbons (Fsp3) is 0.600. The van der Waals surface area contributed by atoms with Crippen LogP contribution in [0.1, 0.15) is 88.4 Å². The number of benzene rings is 1. The maximum absolute atomic E-state index is 14.7. The zero-order valence-corrected chi connectivity index (χ0v) is 34.0. The van der Waals surface area contributed by atoms with Gasteiger partial charge in [0.25, 0.3) is 11.8 Å². The molecule has 5 aliphatic rings. The van der Waals surface area contributed by atoms with Gasteiger partial charge >= 0.3 is 5.97 Å². The number of fused-ring (bicyclic) bond motifs is 4. The second-order valence-corrected chi connectivity index (χ2v) is 19.7. The van der Waals surface area contributed by atoms with E-state index in [9.17, 15) is 32.4 Å². The van der Waals surface area contributed by atoms with E-state index in [4.69, 9.17) is 9.47 Å². The molecule has 6 atom stereocenters. The number of amides is 4. The van der Waals surface area contributed by atoms with Crippen molar-refractivity contribution in [1.29, 1.82) is 0 Å². The number of thiazole rings is 1. The summed E-state index contributed by atoms with van der Waals surface area (Å²) in [5.74, 6) is -3.77. The largest absolute Gasteiger partial charge is 0.497 e. The lowest BCUT2D eigenvalue weighted by Gasteiger charge is -2.32. The van der Waals surface area contributed by atoms with Gasteiger partial charge in [0.05, 0.1) is 24.5 Å². The highest BCUT2D eigenvalue weighted by molar-refractivity contribution is 7.91. The van der Waals surface area contributed by atoms with E-state index in [1.807, 2.05) is 41.8 Å². The highest BCUT2D eigenvalue weighted by Crippen LogP contribution is 2.47. The van der Waals surface area contributed by atoms with E-state index < -0.39 is 68.0 Å². The molecule has 16 heteroatoms. The third-order valence-electron chi connectivity index (χ3n) is 11.5. The Balaban J connectivity index is 1.17. The highest BCUT2D eigenvalue weighted by atomic mass is 32.2. The number of ether oxygens (including phenoxy) is 2. The van der Waals surface area contributed by atoms with Crippen molar-refractivity contribution >= 4 is 51.0 Å². The second kappa shape index (κ2) is 15.6. The third kappa shape index (κ3) is 8.50. The number of sulfonamides is 1. The molecule has 1 aromatic heterocycles. The van der Waals surface area contributed by atoms with E-state index in [0.29, 0.717) is 48.6 Å². The van der Waals surface area contributed by atoms with Crippen LogP contribution in [0.25, 0.3) is 11.3 Å². The zero-order chi connectivity index (χ0) is 40.0. The van der Waals surface area contributed by atoms with Gasteiger partial charge in [-0.3, -0.25) is 28.7 Å². The number of aromatic nitrogens is 1. The first-order chi connectivity index (χ1) is 26.6. The van der Waals surface area contributed by atoms with E-state index in [1.54, 1.807) is 32.8 Å². The van der Waals surface area contributed by atoms with Crippen LogP contribution in [0.4, 0.5) is 0 Å². The van der Waals surface area contributed by atoms with Crippen molar-refractivity contribution in [3.8, 4) is 17.0 Å². The molecule has 4 fully saturated rings. The van der Waals surface area contributed by atoms with Crippen LogP contribution in [-0.4, -0.2) is 102 Å². The van der Waals surface area contributed by atoms with Gasteiger partial charge in [0.15, 0.2) is 5.01 Å². The first kappa shape index (κ1) is 39.9. The summed E-state index contributed by atoms with van der Waals surface area (Å²) in [5, 5.41) is 4.41. The minimum absolute atomic E-state index is 0.145. The lowest BCUT2D eigenvalue weighted by Crippen LogP contribution is -2.58. The van der Waals surface area contributed by atoms with E-state index in [0.717, 1.165) is 18.4 Å². The van der Waals surface area contributed by atoms with Crippen molar-refractivity contribution in [3.05, 3.63) is 46.8 Å². The van der Waals surface area contributed by atoms with Crippen LogP contribution < -0.4 is 14.8 Å². The van der Waals surface area contributed by atoms with Gasteiger partial charge in [-0.15, -0.1) is 11.3 Å². The Morgan fingerprint density at radius 3 is 2.59 bits per heavy atom. The topological polar surface area (TPSA) is 181 Å². The van der Waals surface area contributed by atoms with Crippen LogP contribution in [0.3, 0.4) is 0 Å². The average Bonchev–Trinajstić information content (AvgIpc) is 3.96. The molecule has 0 spiro atoms. The fourth-order valence-corrected chi connectivity index (χ4v) is 10.5. The Morgan fingerprint density at radius 2 is 1.86 bits per heavy atom. The summed E-state index contributed by atoms with van der Waals surface area (Å²) in [6, 6.07) is 6.33. The van der Waals surface area contributed by atoms with Crippen molar-refractivity contribution < 1.29 is 41.9 Å². The van der Waals surface area contributed by atoms with Crippen molar-refractivity contribution in [3.63, 3.8) is 0 Å². The molecule has 0 bridgehead atoms. The number of carbonyl (C=O) groups is 5. The number of likely N-dealkylation sites (tertiary alicyclic amines) is 1. The van der Waals surface area contributed by atoms with Crippen molar-refractivity contribution in [2.24, 2.45) is 23.7 Å². The van der Waals surface area contributed by atoms with Crippen molar-refractivity contribution in [2.45, 2.75) is 101 Å². The predicted octanol–water partition coefficient (Wildman–Crippen LogP) is 4.07. The monoisotopic (exact) mass is 809 g/mol. The first-order valence-electron chi connectivity index (χ1n) is 19.5. The minimum atomic E-state index is -3.90. The molecule has 0 unspecified atom stereocenters. The van der Waals surface area contributed by atoms with E-state index in [2.05, 4.69) is 15.0 Å². The van der Waals surface area contributed by atoms with Gasteiger partial charge in [-0.1, -0.05) is 37.1 Å². The molecule has 3 aliphatic heterocycles. The number of nitrogens with one attached hydrogen (secondary N) is 2. The Morgan fingerprint density at radius 1 is 1.07 bits per heavy atom. The normalized spacial score (nSPS) is 28.8. The second-order valence-electron chi connectivity index (χ2n) is 16.8. The number of hydrogen-bond donors (Lipinski definition) is 2. The van der Waals surface area contributed by atoms with E-state index in [1.165, 1.54) is 16.2 Å². The summed E-state index contributed by atoms with van der Waals surface area (Å²) < 4.78 is 39.0. The van der Waals surface area contributed by atoms with E-state index in [-0.39, 0.29) is 50.2 Å². The van der Waals surface area contributed by atoms with Crippen molar-refractivity contribution in [2.75, 3.05) is 26.7 Å². The maximum atomic E-state index is 14.7. The van der Waals surface area contributed by atoms with Crippen molar-refractivity contribution in [1.82, 2.24) is 24.8 Å². The van der Waals surface area contributed by atoms with Gasteiger partial charge in [0.2, 0.25) is 21.8 Å². The first-order valence-corrected chi connectivity index (χ1v) is 22.0. The predicted molar refractivity (Wildman–Crippen MR) is 208 cm³/mol. The number of methoxy groups -OCH3 is 1. The Hall–Kier alpha value is -4.31. The standard InChI is InChI=1S/C40H51N5O9S2/c1-39(2,3)54-32(46)18-25-11-8-6-5-7-9-13-27-19-40(27,38(50)43-56(51,52)29-15-16-29)42-34(47)33-30-22-44(20-26(30)21-45(33)36(25)48)37(49)35-41-31(23-55-35)24-12-10-14-28(17-24)53-4/h9-10,12-14,17,23,25-27,29-30,33H,5-8,11,15-16,18-22H2,1-4H3,(H,42,47)(H,43,50)/b13-9-/t25-,26-,27+,30-,33-,40+/m0/s1. The summed E-state index contributed by atoms with van der Waals surface area (Å²) in [6.45, 7) is 5.91. The van der Waals surface area contributed by atoms with Gasteiger partial charge < -0.3 is 24.6 Å². The van der Waals surface area contributed by atoms with Crippen LogP contribution in [0, 0.1) is 23.7 Å². The van der Waals surface area contributed by atoms with Gasteiger partial charge in [-0.05, 0) is 71.4 Å². The number of hydrogen-bond acceptors (Lipinski definition) is 11. The molecule has 14 nitrogen and oxygen atoms in total.